The number of nitrogens with zero attached hydrogens (tertiary/aromatic N) is 2. The Hall–Kier alpha value is -1.71. The van der Waals surface area contributed by atoms with Crippen LogP contribution in [-0.4, -0.2) is 25.2 Å². The van der Waals surface area contributed by atoms with Crippen LogP contribution in [0.5, 0.6) is 5.75 Å². The van der Waals surface area contributed by atoms with Gasteiger partial charge in [-0.05, 0) is 25.0 Å². The topological polar surface area (TPSA) is 50.8 Å². The van der Waals surface area contributed by atoms with Crippen LogP contribution < -0.4 is 15.4 Å². The van der Waals surface area contributed by atoms with Gasteiger partial charge in [-0.1, -0.05) is 32.8 Å². The largest absolute Gasteiger partial charge is 0.497 e. The second-order valence-electron chi connectivity index (χ2n) is 5.44. The third-order valence-corrected chi connectivity index (χ3v) is 3.98. The van der Waals surface area contributed by atoms with Gasteiger partial charge in [0.25, 0.3) is 0 Å². The smallest absolute Gasteiger partial charge is 0.196 e. The Morgan fingerprint density at radius 2 is 2.00 bits per heavy atom. The molecule has 0 unspecified atom stereocenters. The standard InChI is InChI=1S/C16H25N3O/c1-4-9-16(10-5-2)12-18-15(17)19(16)13-7-6-8-14(11-13)20-3/h6-8,11H,4-5,9-10,12H2,1-3H3,(H2,17,18). The summed E-state index contributed by atoms with van der Waals surface area (Å²) in [7, 11) is 1.69. The molecule has 0 fully saturated rings. The minimum atomic E-state index is 0.0277. The van der Waals surface area contributed by atoms with Crippen molar-refractivity contribution in [2.75, 3.05) is 18.6 Å². The van der Waals surface area contributed by atoms with Crippen LogP contribution in [0, 0.1) is 0 Å². The Morgan fingerprint density at radius 3 is 2.60 bits per heavy atom. The summed E-state index contributed by atoms with van der Waals surface area (Å²) < 4.78 is 5.33. The van der Waals surface area contributed by atoms with Crippen LogP contribution in [0.3, 0.4) is 0 Å². The lowest BCUT2D eigenvalue weighted by Gasteiger charge is -2.39. The zero-order chi connectivity index (χ0) is 14.6. The molecule has 0 saturated heterocycles. The number of hydrogen-bond donors (Lipinski definition) is 1. The van der Waals surface area contributed by atoms with Crippen LogP contribution >= 0.6 is 0 Å². The first-order chi connectivity index (χ1) is 9.66. The van der Waals surface area contributed by atoms with Gasteiger partial charge in [-0.25, -0.2) is 0 Å². The van der Waals surface area contributed by atoms with Crippen molar-refractivity contribution < 1.29 is 4.74 Å². The zero-order valence-corrected chi connectivity index (χ0v) is 12.7. The molecule has 0 radical (unpaired) electrons. The third kappa shape index (κ3) is 2.60. The molecular formula is C16H25N3O. The van der Waals surface area contributed by atoms with Crippen molar-refractivity contribution in [2.45, 2.75) is 45.1 Å². The summed E-state index contributed by atoms with van der Waals surface area (Å²) in [5, 5.41) is 0. The van der Waals surface area contributed by atoms with Gasteiger partial charge in [-0.15, -0.1) is 0 Å². The number of methoxy groups -OCH3 is 1. The van der Waals surface area contributed by atoms with E-state index < -0.39 is 0 Å². The van der Waals surface area contributed by atoms with E-state index in [1.807, 2.05) is 18.2 Å². The molecule has 2 N–H and O–H groups in total. The molecule has 4 nitrogen and oxygen atoms in total. The maximum Gasteiger partial charge on any atom is 0.196 e. The van der Waals surface area contributed by atoms with E-state index in [0.29, 0.717) is 5.96 Å². The van der Waals surface area contributed by atoms with Gasteiger partial charge in [0.15, 0.2) is 5.96 Å². The SMILES string of the molecule is CCCC1(CCC)CN=C(N)N1c1cccc(OC)c1. The molecule has 0 atom stereocenters. The summed E-state index contributed by atoms with van der Waals surface area (Å²) in [5.41, 5.74) is 7.28. The van der Waals surface area contributed by atoms with Crippen molar-refractivity contribution in [1.29, 1.82) is 0 Å². The Morgan fingerprint density at radius 1 is 1.30 bits per heavy atom. The van der Waals surface area contributed by atoms with Crippen molar-refractivity contribution in [3.63, 3.8) is 0 Å². The number of ether oxygens (including phenoxy) is 1. The Balaban J connectivity index is 2.40. The van der Waals surface area contributed by atoms with E-state index in [4.69, 9.17) is 10.5 Å². The van der Waals surface area contributed by atoms with Gasteiger partial charge in [0.2, 0.25) is 0 Å². The highest BCUT2D eigenvalue weighted by atomic mass is 16.5. The number of guanidine groups is 1. The number of benzene rings is 1. The fourth-order valence-corrected chi connectivity index (χ4v) is 3.21. The van der Waals surface area contributed by atoms with E-state index in [-0.39, 0.29) is 5.54 Å². The molecule has 0 aromatic heterocycles. The second-order valence-corrected chi connectivity index (χ2v) is 5.44. The quantitative estimate of drug-likeness (QED) is 0.867. The van der Waals surface area contributed by atoms with Crippen LogP contribution in [0.25, 0.3) is 0 Å². The van der Waals surface area contributed by atoms with Gasteiger partial charge >= 0.3 is 0 Å². The number of anilines is 1. The molecule has 0 saturated carbocycles. The first kappa shape index (κ1) is 14.7. The molecule has 1 aromatic carbocycles. The molecule has 1 aliphatic heterocycles. The summed E-state index contributed by atoms with van der Waals surface area (Å²) in [4.78, 5) is 6.73. The normalized spacial score (nSPS) is 17.1. The van der Waals surface area contributed by atoms with Gasteiger partial charge in [0.1, 0.15) is 5.75 Å². The number of hydrogen-bond acceptors (Lipinski definition) is 4. The fourth-order valence-electron chi connectivity index (χ4n) is 3.21. The molecule has 1 aromatic rings. The Bertz CT molecular complexity index is 478. The number of nitrogens with two attached hydrogens (primary N) is 1. The predicted molar refractivity (Wildman–Crippen MR) is 84.5 cm³/mol. The van der Waals surface area contributed by atoms with Gasteiger partial charge in [0.05, 0.1) is 19.2 Å². The molecule has 2 rings (SSSR count). The summed E-state index contributed by atoms with van der Waals surface area (Å²) in [6.45, 7) is 5.23. The van der Waals surface area contributed by atoms with Crippen LogP contribution in [-0.2, 0) is 0 Å². The highest BCUT2D eigenvalue weighted by Gasteiger charge is 2.41. The second kappa shape index (κ2) is 6.16. The van der Waals surface area contributed by atoms with E-state index in [1.165, 1.54) is 0 Å². The van der Waals surface area contributed by atoms with Crippen LogP contribution in [0.2, 0.25) is 0 Å². The molecular weight excluding hydrogens is 250 g/mol. The van der Waals surface area contributed by atoms with Crippen molar-refractivity contribution in [1.82, 2.24) is 0 Å². The Kier molecular flexibility index (Phi) is 4.53. The van der Waals surface area contributed by atoms with Crippen molar-refractivity contribution in [2.24, 2.45) is 10.7 Å². The minimum Gasteiger partial charge on any atom is -0.497 e. The van der Waals surface area contributed by atoms with Crippen molar-refractivity contribution in [3.8, 4) is 5.75 Å². The van der Waals surface area contributed by atoms with E-state index >= 15 is 0 Å². The van der Waals surface area contributed by atoms with Crippen LogP contribution in [0.1, 0.15) is 39.5 Å². The lowest BCUT2D eigenvalue weighted by Crippen LogP contribution is -2.52. The molecule has 0 bridgehead atoms. The maximum absolute atomic E-state index is 6.17. The number of rotatable bonds is 6. The molecule has 4 heteroatoms. The Labute approximate surface area is 121 Å². The lowest BCUT2D eigenvalue weighted by atomic mass is 9.87. The summed E-state index contributed by atoms with van der Waals surface area (Å²) >= 11 is 0. The molecule has 0 aliphatic carbocycles. The number of aliphatic imine (C=N–C) groups is 1. The first-order valence-corrected chi connectivity index (χ1v) is 7.41. The maximum atomic E-state index is 6.17. The van der Waals surface area contributed by atoms with Crippen molar-refractivity contribution >= 4 is 11.6 Å². The van der Waals surface area contributed by atoms with Crippen LogP contribution in [0.15, 0.2) is 29.3 Å². The van der Waals surface area contributed by atoms with Gasteiger partial charge < -0.3 is 15.4 Å². The average Bonchev–Trinajstić information content (AvgIpc) is 2.77. The minimum absolute atomic E-state index is 0.0277. The molecule has 1 aliphatic rings. The van der Waals surface area contributed by atoms with Crippen molar-refractivity contribution in [3.05, 3.63) is 24.3 Å². The summed E-state index contributed by atoms with van der Waals surface area (Å²) in [5.74, 6) is 1.48. The van der Waals surface area contributed by atoms with Gasteiger partial charge in [0, 0.05) is 11.8 Å². The predicted octanol–water partition coefficient (Wildman–Crippen LogP) is 3.17. The van der Waals surface area contributed by atoms with E-state index in [2.05, 4.69) is 29.8 Å². The molecule has 20 heavy (non-hydrogen) atoms. The van der Waals surface area contributed by atoms with E-state index in [1.54, 1.807) is 7.11 Å². The van der Waals surface area contributed by atoms with Crippen LogP contribution in [0.4, 0.5) is 5.69 Å². The van der Waals surface area contributed by atoms with E-state index in [0.717, 1.165) is 43.7 Å². The molecule has 1 heterocycles. The van der Waals surface area contributed by atoms with Gasteiger partial charge in [-0.3, -0.25) is 4.99 Å². The van der Waals surface area contributed by atoms with Gasteiger partial charge in [-0.2, -0.15) is 0 Å². The summed E-state index contributed by atoms with van der Waals surface area (Å²) in [6.07, 6.45) is 4.46. The molecule has 0 amide bonds. The lowest BCUT2D eigenvalue weighted by molar-refractivity contribution is 0.383. The highest BCUT2D eigenvalue weighted by Crippen LogP contribution is 2.37. The molecule has 0 spiro atoms. The summed E-state index contributed by atoms with van der Waals surface area (Å²) in [6, 6.07) is 8.07. The highest BCUT2D eigenvalue weighted by molar-refractivity contribution is 5.98. The average molecular weight is 275 g/mol. The first-order valence-electron chi connectivity index (χ1n) is 7.41. The fraction of sp³-hybridized carbons (Fsp3) is 0.562. The molecule has 110 valence electrons. The zero-order valence-electron chi connectivity index (χ0n) is 12.7. The van der Waals surface area contributed by atoms with E-state index in [9.17, 15) is 0 Å². The monoisotopic (exact) mass is 275 g/mol. The third-order valence-electron chi connectivity index (χ3n) is 3.98.